The molecule has 1 aliphatic rings. The maximum absolute atomic E-state index is 6.24. The normalized spacial score (nSPS) is 14.7. The number of fused-ring (bicyclic) bond motifs is 1. The highest BCUT2D eigenvalue weighted by Gasteiger charge is 2.21. The number of nitrogens with two attached hydrogens (primary N) is 1. The van der Waals surface area contributed by atoms with E-state index in [1.807, 2.05) is 24.3 Å². The predicted molar refractivity (Wildman–Crippen MR) is 118 cm³/mol. The summed E-state index contributed by atoms with van der Waals surface area (Å²) in [5.74, 6) is 3.20. The number of rotatable bonds is 6. The smallest absolute Gasteiger partial charge is 0.227 e. The Morgan fingerprint density at radius 2 is 1.53 bits per heavy atom. The number of hydrogen-bond donors (Lipinski definition) is 1. The number of piperazine rings is 1. The van der Waals surface area contributed by atoms with Crippen LogP contribution in [0.3, 0.4) is 0 Å². The van der Waals surface area contributed by atoms with Crippen LogP contribution in [0.5, 0.6) is 17.2 Å². The third kappa shape index (κ3) is 4.04. The lowest BCUT2D eigenvalue weighted by molar-refractivity contribution is 0.248. The average Bonchev–Trinajstić information content (AvgIpc) is 2.79. The molecule has 0 aliphatic carbocycles. The molecule has 1 fully saturated rings. The first-order valence-electron chi connectivity index (χ1n) is 9.90. The standard InChI is InChI=1S/C22H27N5O3/c1-28-16-6-4-15(5-7-16)14-26-8-10-27(11-9-26)22-24-18-13-20(30-3)19(29-2)12-17(18)21(23)25-22/h4-7,12-13H,8-11,14H2,1-3H3,(H2,23,24,25). The SMILES string of the molecule is COc1ccc(CN2CCN(c3nc(N)c4cc(OC)c(OC)cc4n3)CC2)cc1. The summed E-state index contributed by atoms with van der Waals surface area (Å²) in [6.07, 6.45) is 0. The molecule has 0 bridgehead atoms. The summed E-state index contributed by atoms with van der Waals surface area (Å²) in [6.45, 7) is 4.46. The van der Waals surface area contributed by atoms with Crippen LogP contribution in [0.25, 0.3) is 10.9 Å². The quantitative estimate of drug-likeness (QED) is 0.665. The molecular formula is C22H27N5O3. The summed E-state index contributed by atoms with van der Waals surface area (Å²) in [7, 11) is 4.89. The second-order valence-corrected chi connectivity index (χ2v) is 7.24. The Balaban J connectivity index is 1.47. The van der Waals surface area contributed by atoms with E-state index >= 15 is 0 Å². The Bertz CT molecular complexity index is 1020. The van der Waals surface area contributed by atoms with Gasteiger partial charge in [-0.25, -0.2) is 4.98 Å². The van der Waals surface area contributed by atoms with Crippen molar-refractivity contribution in [3.63, 3.8) is 0 Å². The van der Waals surface area contributed by atoms with E-state index in [1.54, 1.807) is 21.3 Å². The van der Waals surface area contributed by atoms with Gasteiger partial charge in [-0.2, -0.15) is 4.98 Å². The van der Waals surface area contributed by atoms with Gasteiger partial charge in [0.1, 0.15) is 11.6 Å². The average molecular weight is 409 g/mol. The van der Waals surface area contributed by atoms with Crippen molar-refractivity contribution in [3.8, 4) is 17.2 Å². The summed E-state index contributed by atoms with van der Waals surface area (Å²) in [4.78, 5) is 13.9. The van der Waals surface area contributed by atoms with Crippen LogP contribution >= 0.6 is 0 Å². The highest BCUT2D eigenvalue weighted by Crippen LogP contribution is 2.34. The van der Waals surface area contributed by atoms with E-state index in [4.69, 9.17) is 24.9 Å². The molecule has 0 unspecified atom stereocenters. The van der Waals surface area contributed by atoms with Crippen molar-refractivity contribution in [2.45, 2.75) is 6.54 Å². The first kappa shape index (κ1) is 20.0. The van der Waals surface area contributed by atoms with Gasteiger partial charge in [-0.05, 0) is 23.8 Å². The van der Waals surface area contributed by atoms with Crippen LogP contribution in [-0.2, 0) is 6.54 Å². The summed E-state index contributed by atoms with van der Waals surface area (Å²) in [5, 5.41) is 0.759. The Hall–Kier alpha value is -3.26. The molecular weight excluding hydrogens is 382 g/mol. The van der Waals surface area contributed by atoms with Gasteiger partial charge in [-0.3, -0.25) is 4.90 Å². The molecule has 2 N–H and O–H groups in total. The summed E-state index contributed by atoms with van der Waals surface area (Å²) >= 11 is 0. The van der Waals surface area contributed by atoms with E-state index in [2.05, 4.69) is 26.9 Å². The molecule has 1 saturated heterocycles. The third-order valence-electron chi connectivity index (χ3n) is 5.44. The molecule has 8 nitrogen and oxygen atoms in total. The van der Waals surface area contributed by atoms with Gasteiger partial charge in [-0.1, -0.05) is 12.1 Å². The first-order valence-corrected chi connectivity index (χ1v) is 9.90. The Kier molecular flexibility index (Phi) is 5.76. The number of ether oxygens (including phenoxy) is 3. The summed E-state index contributed by atoms with van der Waals surface area (Å²) in [6, 6.07) is 11.9. The molecule has 3 aromatic rings. The fourth-order valence-corrected chi connectivity index (χ4v) is 3.70. The van der Waals surface area contributed by atoms with Crippen LogP contribution in [0.4, 0.5) is 11.8 Å². The number of methoxy groups -OCH3 is 3. The van der Waals surface area contributed by atoms with E-state index in [1.165, 1.54) is 5.56 Å². The second kappa shape index (κ2) is 8.62. The molecule has 4 rings (SSSR count). The Labute approximate surface area is 176 Å². The van der Waals surface area contributed by atoms with Gasteiger partial charge in [0.15, 0.2) is 11.5 Å². The van der Waals surface area contributed by atoms with Gasteiger partial charge in [0.2, 0.25) is 5.95 Å². The number of hydrogen-bond acceptors (Lipinski definition) is 8. The van der Waals surface area contributed by atoms with Crippen LogP contribution in [0.1, 0.15) is 5.56 Å². The van der Waals surface area contributed by atoms with E-state index in [-0.39, 0.29) is 0 Å². The Morgan fingerprint density at radius 1 is 0.867 bits per heavy atom. The molecule has 0 radical (unpaired) electrons. The largest absolute Gasteiger partial charge is 0.497 e. The van der Waals surface area contributed by atoms with Gasteiger partial charge >= 0.3 is 0 Å². The fraction of sp³-hybridized carbons (Fsp3) is 0.364. The van der Waals surface area contributed by atoms with Crippen LogP contribution in [0, 0.1) is 0 Å². The van der Waals surface area contributed by atoms with Crippen LogP contribution in [0.15, 0.2) is 36.4 Å². The van der Waals surface area contributed by atoms with Crippen molar-refractivity contribution in [1.29, 1.82) is 0 Å². The molecule has 0 saturated carbocycles. The molecule has 0 amide bonds. The minimum Gasteiger partial charge on any atom is -0.497 e. The lowest BCUT2D eigenvalue weighted by atomic mass is 10.2. The molecule has 2 aromatic carbocycles. The molecule has 30 heavy (non-hydrogen) atoms. The van der Waals surface area contributed by atoms with Crippen molar-refractivity contribution in [2.75, 3.05) is 58.1 Å². The maximum Gasteiger partial charge on any atom is 0.227 e. The van der Waals surface area contributed by atoms with E-state index < -0.39 is 0 Å². The van der Waals surface area contributed by atoms with Gasteiger partial charge in [-0.15, -0.1) is 0 Å². The number of aromatic nitrogens is 2. The van der Waals surface area contributed by atoms with E-state index in [0.29, 0.717) is 23.3 Å². The zero-order chi connectivity index (χ0) is 21.1. The number of nitrogens with zero attached hydrogens (tertiary/aromatic N) is 4. The molecule has 8 heteroatoms. The van der Waals surface area contributed by atoms with Crippen LogP contribution in [-0.4, -0.2) is 62.4 Å². The monoisotopic (exact) mass is 409 g/mol. The minimum absolute atomic E-state index is 0.441. The van der Waals surface area contributed by atoms with Crippen LogP contribution < -0.4 is 24.8 Å². The Morgan fingerprint density at radius 3 is 2.17 bits per heavy atom. The first-order chi connectivity index (χ1) is 14.6. The third-order valence-corrected chi connectivity index (χ3v) is 5.44. The van der Waals surface area contributed by atoms with Gasteiger partial charge in [0, 0.05) is 44.2 Å². The lowest BCUT2D eigenvalue weighted by Crippen LogP contribution is -2.46. The second-order valence-electron chi connectivity index (χ2n) is 7.24. The zero-order valence-corrected chi connectivity index (χ0v) is 17.6. The molecule has 2 heterocycles. The summed E-state index contributed by atoms with van der Waals surface area (Å²) in [5.41, 5.74) is 8.26. The molecule has 1 aliphatic heterocycles. The van der Waals surface area contributed by atoms with Gasteiger partial charge < -0.3 is 24.8 Å². The topological polar surface area (TPSA) is 86.0 Å². The van der Waals surface area contributed by atoms with Crippen molar-refractivity contribution in [1.82, 2.24) is 14.9 Å². The maximum atomic E-state index is 6.24. The zero-order valence-electron chi connectivity index (χ0n) is 17.6. The van der Waals surface area contributed by atoms with Crippen molar-refractivity contribution in [3.05, 3.63) is 42.0 Å². The number of benzene rings is 2. The highest BCUT2D eigenvalue weighted by molar-refractivity contribution is 5.91. The fourth-order valence-electron chi connectivity index (χ4n) is 3.70. The van der Waals surface area contributed by atoms with Crippen molar-refractivity contribution >= 4 is 22.7 Å². The lowest BCUT2D eigenvalue weighted by Gasteiger charge is -2.34. The van der Waals surface area contributed by atoms with E-state index in [9.17, 15) is 0 Å². The molecule has 1 aromatic heterocycles. The van der Waals surface area contributed by atoms with E-state index in [0.717, 1.165) is 49.4 Å². The number of anilines is 2. The number of nitrogen functional groups attached to an aromatic ring is 1. The molecule has 158 valence electrons. The predicted octanol–water partition coefficient (Wildman–Crippen LogP) is 2.56. The summed E-state index contributed by atoms with van der Waals surface area (Å²) < 4.78 is 16.0. The van der Waals surface area contributed by atoms with Gasteiger partial charge in [0.05, 0.1) is 26.8 Å². The minimum atomic E-state index is 0.441. The van der Waals surface area contributed by atoms with Crippen molar-refractivity contribution in [2.24, 2.45) is 0 Å². The van der Waals surface area contributed by atoms with Crippen molar-refractivity contribution < 1.29 is 14.2 Å². The molecule has 0 spiro atoms. The highest BCUT2D eigenvalue weighted by atomic mass is 16.5. The molecule has 0 atom stereocenters. The van der Waals surface area contributed by atoms with Crippen LogP contribution in [0.2, 0.25) is 0 Å². The van der Waals surface area contributed by atoms with Gasteiger partial charge in [0.25, 0.3) is 0 Å².